The summed E-state index contributed by atoms with van der Waals surface area (Å²) >= 11 is 0. The van der Waals surface area contributed by atoms with E-state index in [-0.39, 0.29) is 6.79 Å². The van der Waals surface area contributed by atoms with Crippen molar-refractivity contribution in [1.29, 1.82) is 0 Å². The van der Waals surface area contributed by atoms with Gasteiger partial charge in [-0.15, -0.1) is 0 Å². The second-order valence-corrected chi connectivity index (χ2v) is 1.78. The van der Waals surface area contributed by atoms with Gasteiger partial charge in [-0.25, -0.2) is 0 Å². The predicted molar refractivity (Wildman–Crippen MR) is 38.9 cm³/mol. The van der Waals surface area contributed by atoms with Gasteiger partial charge in [0.1, 0.15) is 5.75 Å². The monoisotopic (exact) mass is 139 g/mol. The standard InChI is InChI=1S/C8H10O2/c1-9-7-10-8-5-3-2-4-6-8/h2-6H,7H2,1H3/i5D. The van der Waals surface area contributed by atoms with Crippen molar-refractivity contribution in [2.75, 3.05) is 13.9 Å². The van der Waals surface area contributed by atoms with E-state index in [1.165, 1.54) is 0 Å². The lowest BCUT2D eigenvalue weighted by Crippen LogP contribution is -1.97. The maximum Gasteiger partial charge on any atom is 0.188 e. The zero-order valence-corrected chi connectivity index (χ0v) is 5.83. The van der Waals surface area contributed by atoms with Crippen LogP contribution in [0.25, 0.3) is 0 Å². The van der Waals surface area contributed by atoms with Gasteiger partial charge < -0.3 is 9.47 Å². The van der Waals surface area contributed by atoms with Crippen LogP contribution in [-0.4, -0.2) is 13.9 Å². The Labute approximate surface area is 61.8 Å². The topological polar surface area (TPSA) is 18.5 Å². The third-order valence-electron chi connectivity index (χ3n) is 1.01. The van der Waals surface area contributed by atoms with Crippen LogP contribution in [0.4, 0.5) is 0 Å². The van der Waals surface area contributed by atoms with Gasteiger partial charge in [0.15, 0.2) is 6.79 Å². The fourth-order valence-corrected chi connectivity index (χ4v) is 0.589. The van der Waals surface area contributed by atoms with Crippen LogP contribution in [0.5, 0.6) is 5.75 Å². The van der Waals surface area contributed by atoms with Crippen LogP contribution >= 0.6 is 0 Å². The largest absolute Gasteiger partial charge is 0.468 e. The van der Waals surface area contributed by atoms with Gasteiger partial charge in [0.2, 0.25) is 0 Å². The maximum atomic E-state index is 7.37. The fraction of sp³-hybridized carbons (Fsp3) is 0.250. The highest BCUT2D eigenvalue weighted by Crippen LogP contribution is 2.07. The summed E-state index contributed by atoms with van der Waals surface area (Å²) in [7, 11) is 1.55. The SMILES string of the molecule is [2H]c1ccccc1OCOC. The molecule has 0 radical (unpaired) electrons. The highest BCUT2D eigenvalue weighted by molar-refractivity contribution is 5.20. The fourth-order valence-electron chi connectivity index (χ4n) is 0.589. The molecule has 2 heteroatoms. The molecule has 0 heterocycles. The van der Waals surface area contributed by atoms with E-state index in [0.29, 0.717) is 11.8 Å². The average Bonchev–Trinajstić information content (AvgIpc) is 2.03. The Morgan fingerprint density at radius 2 is 2.40 bits per heavy atom. The second-order valence-electron chi connectivity index (χ2n) is 1.78. The molecule has 0 saturated carbocycles. The molecule has 0 N–H and O–H groups in total. The number of hydrogen-bond acceptors (Lipinski definition) is 2. The molecule has 0 atom stereocenters. The molecule has 0 spiro atoms. The summed E-state index contributed by atoms with van der Waals surface area (Å²) in [6.07, 6.45) is 0. The maximum absolute atomic E-state index is 7.37. The minimum absolute atomic E-state index is 0.190. The molecule has 0 unspecified atom stereocenters. The first kappa shape index (κ1) is 5.74. The van der Waals surface area contributed by atoms with Crippen LogP contribution < -0.4 is 4.74 Å². The number of benzene rings is 1. The molecule has 2 nitrogen and oxygen atoms in total. The molecule has 0 fully saturated rings. The Hall–Kier alpha value is -1.02. The van der Waals surface area contributed by atoms with E-state index >= 15 is 0 Å². The van der Waals surface area contributed by atoms with Gasteiger partial charge in [-0.3, -0.25) is 0 Å². The molecule has 0 aromatic heterocycles. The molecule has 1 aromatic carbocycles. The van der Waals surface area contributed by atoms with E-state index in [0.717, 1.165) is 0 Å². The van der Waals surface area contributed by atoms with E-state index < -0.39 is 0 Å². The van der Waals surface area contributed by atoms with E-state index in [2.05, 4.69) is 0 Å². The Kier molecular flexibility index (Phi) is 2.24. The number of hydrogen-bond donors (Lipinski definition) is 0. The van der Waals surface area contributed by atoms with Crippen molar-refractivity contribution in [3.8, 4) is 5.75 Å². The molecule has 0 aliphatic rings. The van der Waals surface area contributed by atoms with Crippen LogP contribution in [0.15, 0.2) is 30.3 Å². The van der Waals surface area contributed by atoms with E-state index in [4.69, 9.17) is 10.8 Å². The molecule has 0 aliphatic heterocycles. The molecular formula is C8H10O2. The predicted octanol–water partition coefficient (Wildman–Crippen LogP) is 1.67. The highest BCUT2D eigenvalue weighted by atomic mass is 16.7. The molecule has 0 saturated heterocycles. The minimum atomic E-state index is 0.190. The Morgan fingerprint density at radius 1 is 1.50 bits per heavy atom. The zero-order chi connectivity index (χ0) is 8.10. The first-order chi connectivity index (χ1) is 5.34. The average molecular weight is 139 g/mol. The van der Waals surface area contributed by atoms with E-state index in [1.54, 1.807) is 25.3 Å². The first-order valence-electron chi connectivity index (χ1n) is 3.52. The molecule has 10 heavy (non-hydrogen) atoms. The summed E-state index contributed by atoms with van der Waals surface area (Å²) < 4.78 is 17.1. The van der Waals surface area contributed by atoms with Gasteiger partial charge in [0.05, 0.1) is 1.37 Å². The third kappa shape index (κ3) is 2.07. The van der Waals surface area contributed by atoms with Crippen LogP contribution in [0.2, 0.25) is 0 Å². The number of para-hydroxylation sites is 1. The summed E-state index contributed by atoms with van der Waals surface area (Å²) in [5.74, 6) is 0.550. The quantitative estimate of drug-likeness (QED) is 0.593. The number of methoxy groups -OCH3 is 1. The van der Waals surface area contributed by atoms with Crippen molar-refractivity contribution >= 4 is 0 Å². The molecule has 1 rings (SSSR count). The second kappa shape index (κ2) is 3.90. The van der Waals surface area contributed by atoms with Gasteiger partial charge in [0.25, 0.3) is 0 Å². The lowest BCUT2D eigenvalue weighted by molar-refractivity contribution is 0.0511. The van der Waals surface area contributed by atoms with Crippen LogP contribution in [-0.2, 0) is 4.74 Å². The van der Waals surface area contributed by atoms with E-state index in [1.807, 2.05) is 6.07 Å². The summed E-state index contributed by atoms with van der Waals surface area (Å²) in [5, 5.41) is 0. The van der Waals surface area contributed by atoms with Crippen LogP contribution in [0.3, 0.4) is 0 Å². The van der Waals surface area contributed by atoms with Crippen molar-refractivity contribution in [1.82, 2.24) is 0 Å². The molecule has 0 aliphatic carbocycles. The summed E-state index contributed by atoms with van der Waals surface area (Å²) in [5.41, 5.74) is 0. The van der Waals surface area contributed by atoms with Crippen molar-refractivity contribution in [2.45, 2.75) is 0 Å². The smallest absolute Gasteiger partial charge is 0.188 e. The number of rotatable bonds is 3. The highest BCUT2D eigenvalue weighted by Gasteiger charge is 1.86. The van der Waals surface area contributed by atoms with Gasteiger partial charge in [-0.1, -0.05) is 18.2 Å². The van der Waals surface area contributed by atoms with Gasteiger partial charge >= 0.3 is 0 Å². The normalized spacial score (nSPS) is 10.7. The number of ether oxygens (including phenoxy) is 2. The lowest BCUT2D eigenvalue weighted by atomic mass is 10.3. The van der Waals surface area contributed by atoms with E-state index in [9.17, 15) is 0 Å². The Morgan fingerprint density at radius 3 is 3.10 bits per heavy atom. The Balaban J connectivity index is 2.62. The summed E-state index contributed by atoms with van der Waals surface area (Å²) in [6.45, 7) is 0.190. The van der Waals surface area contributed by atoms with Crippen molar-refractivity contribution < 1.29 is 10.8 Å². The van der Waals surface area contributed by atoms with Crippen LogP contribution in [0, 0.1) is 0 Å². The van der Waals surface area contributed by atoms with Gasteiger partial charge in [-0.2, -0.15) is 0 Å². The van der Waals surface area contributed by atoms with Crippen molar-refractivity contribution in [3.63, 3.8) is 0 Å². The molecule has 0 amide bonds. The third-order valence-corrected chi connectivity index (χ3v) is 1.01. The lowest BCUT2D eigenvalue weighted by Gasteiger charge is -2.01. The van der Waals surface area contributed by atoms with Crippen molar-refractivity contribution in [2.24, 2.45) is 0 Å². The molecule has 0 bridgehead atoms. The summed E-state index contributed by atoms with van der Waals surface area (Å²) in [6, 6.07) is 7.40. The zero-order valence-electron chi connectivity index (χ0n) is 6.83. The van der Waals surface area contributed by atoms with Gasteiger partial charge in [0, 0.05) is 7.11 Å². The molecule has 1 aromatic rings. The molecular weight excluding hydrogens is 128 g/mol. The molecule has 54 valence electrons. The summed E-state index contributed by atoms with van der Waals surface area (Å²) in [4.78, 5) is 0. The van der Waals surface area contributed by atoms with Crippen LogP contribution in [0.1, 0.15) is 1.37 Å². The van der Waals surface area contributed by atoms with Gasteiger partial charge in [-0.05, 0) is 12.1 Å². The Bertz CT molecular complexity index is 225. The van der Waals surface area contributed by atoms with Crippen molar-refractivity contribution in [3.05, 3.63) is 30.3 Å². The first-order valence-corrected chi connectivity index (χ1v) is 3.02. The minimum Gasteiger partial charge on any atom is -0.468 e.